The van der Waals surface area contributed by atoms with Crippen LogP contribution < -0.4 is 5.73 Å². The van der Waals surface area contributed by atoms with Gasteiger partial charge in [-0.3, -0.25) is 4.79 Å². The van der Waals surface area contributed by atoms with Crippen LogP contribution in [0, 0.1) is 0 Å². The van der Waals surface area contributed by atoms with Gasteiger partial charge in [0, 0.05) is 12.1 Å². The van der Waals surface area contributed by atoms with Crippen LogP contribution in [0.15, 0.2) is 29.2 Å². The molecule has 6 heteroatoms. The molecule has 5 nitrogen and oxygen atoms in total. The number of aliphatic hydroxyl groups is 1. The molecule has 0 saturated heterocycles. The predicted octanol–water partition coefficient (Wildman–Crippen LogP) is -0.0175. The van der Waals surface area contributed by atoms with Gasteiger partial charge in [-0.05, 0) is 12.1 Å². The summed E-state index contributed by atoms with van der Waals surface area (Å²) >= 11 is 0. The highest BCUT2D eigenvalue weighted by molar-refractivity contribution is 7.91. The fraction of sp³-hybridized carbons (Fsp3) is 0.364. The van der Waals surface area contributed by atoms with Gasteiger partial charge in [0.25, 0.3) is 0 Å². The monoisotopic (exact) mass is 257 g/mol. The van der Waals surface area contributed by atoms with E-state index < -0.39 is 21.7 Å². The molecule has 0 radical (unpaired) electrons. The van der Waals surface area contributed by atoms with Crippen LogP contribution in [-0.2, 0) is 9.84 Å². The minimum atomic E-state index is -3.26. The summed E-state index contributed by atoms with van der Waals surface area (Å²) < 4.78 is 23.0. The molecule has 1 atom stereocenters. The highest BCUT2D eigenvalue weighted by atomic mass is 32.2. The van der Waals surface area contributed by atoms with Crippen molar-refractivity contribution in [2.75, 3.05) is 12.3 Å². The van der Waals surface area contributed by atoms with Gasteiger partial charge in [-0.25, -0.2) is 8.42 Å². The minimum Gasteiger partial charge on any atom is -0.384 e. The number of hydrogen-bond acceptors (Lipinski definition) is 5. The number of aliphatic hydroxyl groups excluding tert-OH is 1. The molecule has 0 aliphatic rings. The summed E-state index contributed by atoms with van der Waals surface area (Å²) in [6, 6.07) is 5.47. The molecule has 0 fully saturated rings. The lowest BCUT2D eigenvalue weighted by Crippen LogP contribution is -2.29. The van der Waals surface area contributed by atoms with E-state index in [4.69, 9.17) is 5.73 Å². The van der Waals surface area contributed by atoms with Crippen molar-refractivity contribution >= 4 is 15.6 Å². The predicted molar refractivity (Wildman–Crippen MR) is 63.6 cm³/mol. The first kappa shape index (κ1) is 13.8. The fourth-order valence-corrected chi connectivity index (χ4v) is 2.18. The van der Waals surface area contributed by atoms with Crippen LogP contribution in [0.4, 0.5) is 0 Å². The number of sulfone groups is 1. The summed E-state index contributed by atoms with van der Waals surface area (Å²) in [4.78, 5) is 11.7. The normalized spacial score (nSPS) is 13.4. The van der Waals surface area contributed by atoms with Crippen LogP contribution in [0.5, 0.6) is 0 Å². The highest BCUT2D eigenvalue weighted by Gasteiger charge is 2.17. The zero-order chi connectivity index (χ0) is 13.1. The lowest BCUT2D eigenvalue weighted by atomic mass is 10.1. The second-order valence-electron chi connectivity index (χ2n) is 3.54. The summed E-state index contributed by atoms with van der Waals surface area (Å²) in [5.74, 6) is -0.501. The van der Waals surface area contributed by atoms with Crippen molar-refractivity contribution in [1.82, 2.24) is 0 Å². The Morgan fingerprint density at radius 3 is 2.29 bits per heavy atom. The Kier molecular flexibility index (Phi) is 4.39. The SMILES string of the molecule is CCS(=O)(=O)c1ccc(C(=O)C(O)CN)cc1. The van der Waals surface area contributed by atoms with Crippen molar-refractivity contribution in [3.63, 3.8) is 0 Å². The first-order valence-electron chi connectivity index (χ1n) is 5.17. The number of carbonyl (C=O) groups is 1. The molecule has 1 unspecified atom stereocenters. The van der Waals surface area contributed by atoms with Gasteiger partial charge >= 0.3 is 0 Å². The minimum absolute atomic E-state index is 0.00567. The Hall–Kier alpha value is -1.24. The van der Waals surface area contributed by atoms with E-state index in [9.17, 15) is 18.3 Å². The van der Waals surface area contributed by atoms with Crippen molar-refractivity contribution in [3.05, 3.63) is 29.8 Å². The van der Waals surface area contributed by atoms with Gasteiger partial charge in [-0.1, -0.05) is 19.1 Å². The van der Waals surface area contributed by atoms with E-state index in [2.05, 4.69) is 0 Å². The standard InChI is InChI=1S/C11H15NO4S/c1-2-17(15,16)9-5-3-8(4-6-9)11(14)10(13)7-12/h3-6,10,13H,2,7,12H2,1H3. The molecule has 0 heterocycles. The zero-order valence-corrected chi connectivity index (χ0v) is 10.3. The summed E-state index contributed by atoms with van der Waals surface area (Å²) in [6.45, 7) is 1.39. The molecule has 17 heavy (non-hydrogen) atoms. The van der Waals surface area contributed by atoms with Crippen molar-refractivity contribution in [2.24, 2.45) is 5.73 Å². The van der Waals surface area contributed by atoms with Gasteiger partial charge in [-0.15, -0.1) is 0 Å². The zero-order valence-electron chi connectivity index (χ0n) is 9.46. The molecule has 1 aromatic rings. The number of rotatable bonds is 5. The van der Waals surface area contributed by atoms with E-state index >= 15 is 0 Å². The van der Waals surface area contributed by atoms with Crippen LogP contribution in [-0.4, -0.2) is 37.7 Å². The molecule has 1 aromatic carbocycles. The van der Waals surface area contributed by atoms with Crippen LogP contribution >= 0.6 is 0 Å². The second-order valence-corrected chi connectivity index (χ2v) is 5.82. The topological polar surface area (TPSA) is 97.5 Å². The summed E-state index contributed by atoms with van der Waals surface area (Å²) in [5.41, 5.74) is 5.41. The van der Waals surface area contributed by atoms with Gasteiger partial charge in [0.1, 0.15) is 6.10 Å². The summed E-state index contributed by atoms with van der Waals surface area (Å²) in [5, 5.41) is 9.26. The summed E-state index contributed by atoms with van der Waals surface area (Å²) in [6.07, 6.45) is -1.25. The lowest BCUT2D eigenvalue weighted by molar-refractivity contribution is 0.0763. The molecule has 0 bridgehead atoms. The van der Waals surface area contributed by atoms with E-state index in [0.29, 0.717) is 0 Å². The van der Waals surface area contributed by atoms with Crippen molar-refractivity contribution in [1.29, 1.82) is 0 Å². The maximum Gasteiger partial charge on any atom is 0.192 e. The summed E-state index contributed by atoms with van der Waals surface area (Å²) in [7, 11) is -3.26. The molecule has 0 aliphatic carbocycles. The average Bonchev–Trinajstić information content (AvgIpc) is 2.37. The molecule has 94 valence electrons. The molecular weight excluding hydrogens is 242 g/mol. The van der Waals surface area contributed by atoms with E-state index in [0.717, 1.165) is 0 Å². The molecule has 0 saturated carbocycles. The Morgan fingerprint density at radius 2 is 1.88 bits per heavy atom. The van der Waals surface area contributed by atoms with E-state index in [1.807, 2.05) is 0 Å². The lowest BCUT2D eigenvalue weighted by Gasteiger charge is -2.07. The second kappa shape index (κ2) is 5.39. The quantitative estimate of drug-likeness (QED) is 0.723. The van der Waals surface area contributed by atoms with Gasteiger partial charge in [0.05, 0.1) is 10.6 Å². The molecule has 0 aliphatic heterocycles. The van der Waals surface area contributed by atoms with Crippen molar-refractivity contribution in [2.45, 2.75) is 17.9 Å². The molecule has 1 rings (SSSR count). The Morgan fingerprint density at radius 1 is 1.35 bits per heavy atom. The number of hydrogen-bond donors (Lipinski definition) is 2. The van der Waals surface area contributed by atoms with Gasteiger partial charge in [0.2, 0.25) is 0 Å². The fourth-order valence-electron chi connectivity index (χ4n) is 1.29. The Labute approximate surface area is 100 Å². The van der Waals surface area contributed by atoms with E-state index in [-0.39, 0.29) is 22.8 Å². The third kappa shape index (κ3) is 3.12. The maximum absolute atomic E-state index is 11.5. The Bertz CT molecular complexity index is 493. The number of carbonyl (C=O) groups excluding carboxylic acids is 1. The van der Waals surface area contributed by atoms with Crippen LogP contribution in [0.1, 0.15) is 17.3 Å². The molecule has 0 aromatic heterocycles. The van der Waals surface area contributed by atoms with E-state index in [1.54, 1.807) is 6.92 Å². The third-order valence-electron chi connectivity index (χ3n) is 2.40. The van der Waals surface area contributed by atoms with Crippen LogP contribution in [0.3, 0.4) is 0 Å². The van der Waals surface area contributed by atoms with Gasteiger partial charge in [0.15, 0.2) is 15.6 Å². The van der Waals surface area contributed by atoms with Crippen molar-refractivity contribution < 1.29 is 18.3 Å². The van der Waals surface area contributed by atoms with Gasteiger partial charge in [-0.2, -0.15) is 0 Å². The van der Waals surface area contributed by atoms with Crippen molar-refractivity contribution in [3.8, 4) is 0 Å². The van der Waals surface area contributed by atoms with Crippen LogP contribution in [0.2, 0.25) is 0 Å². The van der Waals surface area contributed by atoms with Crippen LogP contribution in [0.25, 0.3) is 0 Å². The molecular formula is C11H15NO4S. The molecule has 0 amide bonds. The number of nitrogens with two attached hydrogens (primary N) is 1. The molecule has 0 spiro atoms. The van der Waals surface area contributed by atoms with E-state index in [1.165, 1.54) is 24.3 Å². The number of ketones is 1. The number of benzene rings is 1. The highest BCUT2D eigenvalue weighted by Crippen LogP contribution is 2.13. The number of Topliss-reactive ketones (excluding diaryl/α,β-unsaturated/α-hetero) is 1. The third-order valence-corrected chi connectivity index (χ3v) is 4.15. The largest absolute Gasteiger partial charge is 0.384 e. The molecule has 3 N–H and O–H groups in total. The smallest absolute Gasteiger partial charge is 0.192 e. The first-order valence-corrected chi connectivity index (χ1v) is 6.82. The maximum atomic E-state index is 11.5. The van der Waals surface area contributed by atoms with Gasteiger partial charge < -0.3 is 10.8 Å². The Balaban J connectivity index is 3.01. The average molecular weight is 257 g/mol. The first-order chi connectivity index (χ1) is 7.92.